The molecule has 0 radical (unpaired) electrons. The van der Waals surface area contributed by atoms with Crippen molar-refractivity contribution in [2.24, 2.45) is 5.92 Å². The first-order valence-electron chi connectivity index (χ1n) is 5.75. The Hall–Kier alpha value is -0.580. The van der Waals surface area contributed by atoms with E-state index in [-0.39, 0.29) is 12.6 Å². The molecule has 0 aliphatic heterocycles. The lowest BCUT2D eigenvalue weighted by Crippen LogP contribution is -2.36. The van der Waals surface area contributed by atoms with Crippen molar-refractivity contribution in [2.45, 2.75) is 26.4 Å². The van der Waals surface area contributed by atoms with Gasteiger partial charge in [0.2, 0.25) is 0 Å². The van der Waals surface area contributed by atoms with Gasteiger partial charge in [-0.3, -0.25) is 0 Å². The number of halogens is 1. The van der Waals surface area contributed by atoms with Crippen LogP contribution in [0.5, 0.6) is 5.75 Å². The van der Waals surface area contributed by atoms with Crippen LogP contribution in [0.15, 0.2) is 22.7 Å². The third-order valence-corrected chi connectivity index (χ3v) is 3.58. The molecular weight excluding hydrogens is 282 g/mol. The molecule has 4 heteroatoms. The molecule has 1 aromatic carbocycles. The Bertz CT molecular complexity index is 355. The van der Waals surface area contributed by atoms with E-state index >= 15 is 0 Å². The Kier molecular flexibility index (Phi) is 5.95. The van der Waals surface area contributed by atoms with Gasteiger partial charge in [0, 0.05) is 17.1 Å². The van der Waals surface area contributed by atoms with Gasteiger partial charge in [0.05, 0.1) is 13.7 Å². The zero-order valence-corrected chi connectivity index (χ0v) is 12.1. The minimum absolute atomic E-state index is 0.119. The highest BCUT2D eigenvalue weighted by atomic mass is 79.9. The number of rotatable bonds is 6. The van der Waals surface area contributed by atoms with Crippen LogP contribution in [-0.2, 0) is 6.54 Å². The lowest BCUT2D eigenvalue weighted by atomic mass is 10.1. The van der Waals surface area contributed by atoms with Gasteiger partial charge in [0.25, 0.3) is 0 Å². The Morgan fingerprint density at radius 2 is 2.12 bits per heavy atom. The van der Waals surface area contributed by atoms with Crippen LogP contribution in [0.25, 0.3) is 0 Å². The van der Waals surface area contributed by atoms with E-state index in [1.54, 1.807) is 7.11 Å². The lowest BCUT2D eigenvalue weighted by molar-refractivity contribution is 0.210. The largest absolute Gasteiger partial charge is 0.497 e. The van der Waals surface area contributed by atoms with Crippen LogP contribution in [-0.4, -0.2) is 24.9 Å². The molecule has 96 valence electrons. The first-order chi connectivity index (χ1) is 8.08. The van der Waals surface area contributed by atoms with Gasteiger partial charge in [-0.05, 0) is 29.7 Å². The lowest BCUT2D eigenvalue weighted by Gasteiger charge is -2.20. The summed E-state index contributed by atoms with van der Waals surface area (Å²) >= 11 is 3.51. The van der Waals surface area contributed by atoms with Crippen LogP contribution in [0.3, 0.4) is 0 Å². The van der Waals surface area contributed by atoms with E-state index in [9.17, 15) is 5.11 Å². The third kappa shape index (κ3) is 4.30. The highest BCUT2D eigenvalue weighted by molar-refractivity contribution is 9.10. The molecule has 2 N–H and O–H groups in total. The predicted molar refractivity (Wildman–Crippen MR) is 73.2 cm³/mol. The maximum atomic E-state index is 9.25. The van der Waals surface area contributed by atoms with E-state index in [2.05, 4.69) is 35.1 Å². The molecule has 0 spiro atoms. The number of aliphatic hydroxyl groups is 1. The quantitative estimate of drug-likeness (QED) is 0.848. The molecule has 0 aliphatic rings. The Morgan fingerprint density at radius 3 is 2.65 bits per heavy atom. The third-order valence-electron chi connectivity index (χ3n) is 2.81. The summed E-state index contributed by atoms with van der Waals surface area (Å²) in [5.74, 6) is 1.25. The fraction of sp³-hybridized carbons (Fsp3) is 0.538. The summed E-state index contributed by atoms with van der Waals surface area (Å²) in [4.78, 5) is 0. The van der Waals surface area contributed by atoms with Gasteiger partial charge >= 0.3 is 0 Å². The number of nitrogens with one attached hydrogen (secondary N) is 1. The van der Waals surface area contributed by atoms with Crippen LogP contribution < -0.4 is 10.1 Å². The average Bonchev–Trinajstić information content (AvgIpc) is 2.31. The van der Waals surface area contributed by atoms with Crippen LogP contribution in [0, 0.1) is 5.92 Å². The predicted octanol–water partition coefficient (Wildman–Crippen LogP) is 2.56. The molecule has 0 aromatic heterocycles. The second kappa shape index (κ2) is 6.99. The molecule has 0 saturated carbocycles. The number of ether oxygens (including phenoxy) is 1. The molecule has 1 aromatic rings. The first-order valence-corrected chi connectivity index (χ1v) is 6.54. The number of benzene rings is 1. The molecule has 0 amide bonds. The topological polar surface area (TPSA) is 41.5 Å². The van der Waals surface area contributed by atoms with Crippen molar-refractivity contribution in [3.05, 3.63) is 28.2 Å². The van der Waals surface area contributed by atoms with Crippen molar-refractivity contribution >= 4 is 15.9 Å². The Labute approximate surface area is 111 Å². The highest BCUT2D eigenvalue weighted by Crippen LogP contribution is 2.22. The van der Waals surface area contributed by atoms with E-state index in [0.717, 1.165) is 15.8 Å². The molecule has 0 fully saturated rings. The number of hydrogen-bond acceptors (Lipinski definition) is 3. The van der Waals surface area contributed by atoms with Crippen LogP contribution in [0.2, 0.25) is 0 Å². The average molecular weight is 302 g/mol. The fourth-order valence-electron chi connectivity index (χ4n) is 1.57. The second-order valence-corrected chi connectivity index (χ2v) is 5.23. The van der Waals surface area contributed by atoms with E-state index in [1.807, 2.05) is 18.2 Å². The molecule has 1 atom stereocenters. The molecule has 0 heterocycles. The fourth-order valence-corrected chi connectivity index (χ4v) is 1.95. The zero-order valence-electron chi connectivity index (χ0n) is 10.5. The summed E-state index contributed by atoms with van der Waals surface area (Å²) in [6.45, 7) is 5.05. The standard InChI is InChI=1S/C13H20BrNO2/c1-9(2)13(8-16)15-7-10-6-11(17-3)4-5-12(10)14/h4-6,9,13,15-16H,7-8H2,1-3H3. The van der Waals surface area contributed by atoms with Crippen molar-refractivity contribution in [3.8, 4) is 5.75 Å². The normalized spacial score (nSPS) is 12.8. The van der Waals surface area contributed by atoms with Crippen LogP contribution in [0.1, 0.15) is 19.4 Å². The molecule has 3 nitrogen and oxygen atoms in total. The molecular formula is C13H20BrNO2. The Balaban J connectivity index is 2.67. The van der Waals surface area contributed by atoms with Crippen molar-refractivity contribution in [1.82, 2.24) is 5.32 Å². The molecule has 0 bridgehead atoms. The van der Waals surface area contributed by atoms with Crippen molar-refractivity contribution in [3.63, 3.8) is 0 Å². The number of hydrogen-bond donors (Lipinski definition) is 2. The van der Waals surface area contributed by atoms with Gasteiger partial charge in [-0.2, -0.15) is 0 Å². The molecule has 1 rings (SSSR count). The summed E-state index contributed by atoms with van der Waals surface area (Å²) in [5.41, 5.74) is 1.13. The van der Waals surface area contributed by atoms with E-state index in [4.69, 9.17) is 4.74 Å². The summed E-state index contributed by atoms with van der Waals surface area (Å²) in [5, 5.41) is 12.6. The smallest absolute Gasteiger partial charge is 0.119 e. The summed E-state index contributed by atoms with van der Waals surface area (Å²) < 4.78 is 6.24. The number of aliphatic hydroxyl groups excluding tert-OH is 1. The van der Waals surface area contributed by atoms with Gasteiger partial charge < -0.3 is 15.2 Å². The van der Waals surface area contributed by atoms with E-state index in [0.29, 0.717) is 12.5 Å². The monoisotopic (exact) mass is 301 g/mol. The van der Waals surface area contributed by atoms with Gasteiger partial charge in [-0.15, -0.1) is 0 Å². The maximum absolute atomic E-state index is 9.25. The molecule has 1 unspecified atom stereocenters. The first kappa shape index (κ1) is 14.5. The van der Waals surface area contributed by atoms with Gasteiger partial charge in [-0.1, -0.05) is 29.8 Å². The summed E-state index contributed by atoms with van der Waals surface area (Å²) in [6, 6.07) is 6.00. The maximum Gasteiger partial charge on any atom is 0.119 e. The summed E-state index contributed by atoms with van der Waals surface area (Å²) in [7, 11) is 1.66. The number of methoxy groups -OCH3 is 1. The second-order valence-electron chi connectivity index (χ2n) is 4.37. The van der Waals surface area contributed by atoms with Gasteiger partial charge in [0.15, 0.2) is 0 Å². The minimum atomic E-state index is 0.119. The van der Waals surface area contributed by atoms with Gasteiger partial charge in [-0.25, -0.2) is 0 Å². The SMILES string of the molecule is COc1ccc(Br)c(CNC(CO)C(C)C)c1. The van der Waals surface area contributed by atoms with Crippen molar-refractivity contribution in [2.75, 3.05) is 13.7 Å². The minimum Gasteiger partial charge on any atom is -0.497 e. The van der Waals surface area contributed by atoms with Crippen molar-refractivity contribution < 1.29 is 9.84 Å². The zero-order chi connectivity index (χ0) is 12.8. The molecule has 0 saturated heterocycles. The van der Waals surface area contributed by atoms with Crippen LogP contribution in [0.4, 0.5) is 0 Å². The molecule has 0 aliphatic carbocycles. The van der Waals surface area contributed by atoms with E-state index < -0.39 is 0 Å². The van der Waals surface area contributed by atoms with E-state index in [1.165, 1.54) is 0 Å². The highest BCUT2D eigenvalue weighted by Gasteiger charge is 2.12. The van der Waals surface area contributed by atoms with Crippen molar-refractivity contribution in [1.29, 1.82) is 0 Å². The summed E-state index contributed by atoms with van der Waals surface area (Å²) in [6.07, 6.45) is 0. The molecule has 17 heavy (non-hydrogen) atoms. The Morgan fingerprint density at radius 1 is 1.41 bits per heavy atom. The van der Waals surface area contributed by atoms with Gasteiger partial charge in [0.1, 0.15) is 5.75 Å². The van der Waals surface area contributed by atoms with Crippen LogP contribution >= 0.6 is 15.9 Å².